The first kappa shape index (κ1) is 14.9. The van der Waals surface area contributed by atoms with Gasteiger partial charge in [0.25, 0.3) is 0 Å². The Balaban J connectivity index is 2.40. The zero-order chi connectivity index (χ0) is 13.6. The number of nitrogens with one attached hydrogen (secondary N) is 2. The van der Waals surface area contributed by atoms with Crippen molar-refractivity contribution in [2.24, 2.45) is 5.73 Å². The van der Waals surface area contributed by atoms with E-state index in [0.717, 1.165) is 25.7 Å². The number of aliphatic hydroxyl groups excluding tert-OH is 1. The second kappa shape index (κ2) is 6.70. The zero-order valence-corrected chi connectivity index (χ0v) is 10.9. The lowest BCUT2D eigenvalue weighted by atomic mass is 9.79. The van der Waals surface area contributed by atoms with Gasteiger partial charge < -0.3 is 21.5 Å². The maximum Gasteiger partial charge on any atom is 0.248 e. The van der Waals surface area contributed by atoms with Crippen LogP contribution in [0, 0.1) is 0 Å². The summed E-state index contributed by atoms with van der Waals surface area (Å²) >= 11 is 0. The maximum atomic E-state index is 11.8. The van der Waals surface area contributed by atoms with Gasteiger partial charge in [0.05, 0.1) is 6.54 Å². The number of carbonyl (C=O) groups excluding carboxylic acids is 2. The van der Waals surface area contributed by atoms with Gasteiger partial charge in [0.15, 0.2) is 0 Å². The van der Waals surface area contributed by atoms with Crippen LogP contribution in [0.1, 0.15) is 38.5 Å². The third-order valence-corrected chi connectivity index (χ3v) is 3.66. The van der Waals surface area contributed by atoms with Crippen LogP contribution in [0.2, 0.25) is 0 Å². The van der Waals surface area contributed by atoms with Crippen molar-refractivity contribution >= 4 is 11.8 Å². The Hall–Kier alpha value is -1.14. The molecule has 1 fully saturated rings. The molecular formula is C12H23N3O3. The maximum absolute atomic E-state index is 11.8. The van der Waals surface area contributed by atoms with Crippen LogP contribution in [-0.2, 0) is 9.59 Å². The Labute approximate surface area is 107 Å². The summed E-state index contributed by atoms with van der Waals surface area (Å²) < 4.78 is 0. The molecule has 5 N–H and O–H groups in total. The molecule has 0 saturated heterocycles. The van der Waals surface area contributed by atoms with Crippen LogP contribution in [0.15, 0.2) is 0 Å². The molecule has 1 unspecified atom stereocenters. The van der Waals surface area contributed by atoms with E-state index in [1.54, 1.807) is 0 Å². The zero-order valence-electron chi connectivity index (χ0n) is 10.9. The van der Waals surface area contributed by atoms with Crippen LogP contribution in [0.5, 0.6) is 0 Å². The molecule has 1 saturated carbocycles. The molecule has 2 amide bonds. The molecule has 1 aliphatic rings. The Morgan fingerprint density at radius 3 is 2.44 bits per heavy atom. The number of hydrogen-bond donors (Lipinski definition) is 4. The molecule has 1 rings (SSSR count). The third-order valence-electron chi connectivity index (χ3n) is 3.66. The second-order valence-electron chi connectivity index (χ2n) is 4.99. The first-order valence-electron chi connectivity index (χ1n) is 6.42. The number of nitrogens with two attached hydrogens (primary N) is 1. The summed E-state index contributed by atoms with van der Waals surface area (Å²) in [7, 11) is 1.87. The van der Waals surface area contributed by atoms with Crippen molar-refractivity contribution in [3.8, 4) is 0 Å². The lowest BCUT2D eigenvalue weighted by Gasteiger charge is -2.36. The molecule has 6 heteroatoms. The smallest absolute Gasteiger partial charge is 0.248 e. The first-order valence-corrected chi connectivity index (χ1v) is 6.42. The highest BCUT2D eigenvalue weighted by Crippen LogP contribution is 2.30. The van der Waals surface area contributed by atoms with Crippen LogP contribution in [0.4, 0.5) is 0 Å². The van der Waals surface area contributed by atoms with Gasteiger partial charge in [0.1, 0.15) is 6.10 Å². The predicted octanol–water partition coefficient (Wildman–Crippen LogP) is -0.739. The van der Waals surface area contributed by atoms with Crippen molar-refractivity contribution in [1.29, 1.82) is 0 Å². The van der Waals surface area contributed by atoms with Crippen LogP contribution in [0.25, 0.3) is 0 Å². The number of rotatable bonds is 6. The number of primary amides is 1. The molecule has 0 bridgehead atoms. The van der Waals surface area contributed by atoms with Gasteiger partial charge in [-0.05, 0) is 19.9 Å². The molecule has 18 heavy (non-hydrogen) atoms. The third kappa shape index (κ3) is 4.27. The molecule has 0 aromatic heterocycles. The fourth-order valence-electron chi connectivity index (χ4n) is 2.42. The van der Waals surface area contributed by atoms with Gasteiger partial charge in [-0.1, -0.05) is 19.3 Å². The molecule has 1 aliphatic carbocycles. The van der Waals surface area contributed by atoms with Gasteiger partial charge in [-0.15, -0.1) is 0 Å². The lowest BCUT2D eigenvalue weighted by molar-refractivity contribution is -0.127. The minimum absolute atomic E-state index is 0.117. The highest BCUT2D eigenvalue weighted by atomic mass is 16.3. The van der Waals surface area contributed by atoms with E-state index in [0.29, 0.717) is 6.42 Å². The van der Waals surface area contributed by atoms with E-state index in [1.807, 2.05) is 7.05 Å². The summed E-state index contributed by atoms with van der Waals surface area (Å²) in [5.41, 5.74) is 4.77. The second-order valence-corrected chi connectivity index (χ2v) is 4.99. The molecule has 1 atom stereocenters. The summed E-state index contributed by atoms with van der Waals surface area (Å²) in [6, 6.07) is 0. The Kier molecular flexibility index (Phi) is 5.55. The molecule has 0 aromatic carbocycles. The van der Waals surface area contributed by atoms with E-state index < -0.39 is 12.0 Å². The van der Waals surface area contributed by atoms with Crippen molar-refractivity contribution in [1.82, 2.24) is 10.6 Å². The van der Waals surface area contributed by atoms with Gasteiger partial charge in [-0.3, -0.25) is 9.59 Å². The molecule has 104 valence electrons. The van der Waals surface area contributed by atoms with Gasteiger partial charge in [0, 0.05) is 12.0 Å². The normalized spacial score (nSPS) is 20.1. The molecule has 0 spiro atoms. The average Bonchev–Trinajstić information content (AvgIpc) is 2.36. The topological polar surface area (TPSA) is 104 Å². The summed E-state index contributed by atoms with van der Waals surface area (Å²) in [5.74, 6) is -0.983. The van der Waals surface area contributed by atoms with Crippen LogP contribution in [0.3, 0.4) is 0 Å². The van der Waals surface area contributed by atoms with E-state index in [-0.39, 0.29) is 18.0 Å². The summed E-state index contributed by atoms with van der Waals surface area (Å²) in [6.45, 7) is -0.117. The number of aliphatic hydroxyl groups is 1. The largest absolute Gasteiger partial charge is 0.381 e. The molecule has 0 aromatic rings. The van der Waals surface area contributed by atoms with Crippen LogP contribution >= 0.6 is 0 Å². The minimum atomic E-state index is -1.31. The molecule has 6 nitrogen and oxygen atoms in total. The van der Waals surface area contributed by atoms with Crippen molar-refractivity contribution in [2.45, 2.75) is 50.2 Å². The fraction of sp³-hybridized carbons (Fsp3) is 0.833. The quantitative estimate of drug-likeness (QED) is 0.503. The molecule has 0 radical (unpaired) electrons. The summed E-state index contributed by atoms with van der Waals surface area (Å²) in [5, 5.41) is 15.0. The Morgan fingerprint density at radius 2 is 1.94 bits per heavy atom. The van der Waals surface area contributed by atoms with Crippen molar-refractivity contribution in [3.05, 3.63) is 0 Å². The van der Waals surface area contributed by atoms with Gasteiger partial charge in [0.2, 0.25) is 11.8 Å². The molecule has 0 heterocycles. The molecule has 0 aliphatic heterocycles. The van der Waals surface area contributed by atoms with Crippen molar-refractivity contribution in [2.75, 3.05) is 13.6 Å². The van der Waals surface area contributed by atoms with Crippen molar-refractivity contribution in [3.63, 3.8) is 0 Å². The highest BCUT2D eigenvalue weighted by Gasteiger charge is 2.32. The lowest BCUT2D eigenvalue weighted by Crippen LogP contribution is -2.49. The predicted molar refractivity (Wildman–Crippen MR) is 67.7 cm³/mol. The first-order chi connectivity index (χ1) is 8.49. The van der Waals surface area contributed by atoms with E-state index >= 15 is 0 Å². The molecular weight excluding hydrogens is 234 g/mol. The van der Waals surface area contributed by atoms with E-state index in [2.05, 4.69) is 10.6 Å². The number of carbonyl (C=O) groups is 2. The van der Waals surface area contributed by atoms with Gasteiger partial charge >= 0.3 is 0 Å². The van der Waals surface area contributed by atoms with Gasteiger partial charge in [-0.25, -0.2) is 0 Å². The highest BCUT2D eigenvalue weighted by molar-refractivity contribution is 5.81. The fourth-order valence-corrected chi connectivity index (χ4v) is 2.42. The minimum Gasteiger partial charge on any atom is -0.381 e. The van der Waals surface area contributed by atoms with E-state index in [1.165, 1.54) is 6.42 Å². The van der Waals surface area contributed by atoms with Crippen LogP contribution in [-0.4, -0.2) is 42.2 Å². The van der Waals surface area contributed by atoms with Crippen LogP contribution < -0.4 is 16.4 Å². The van der Waals surface area contributed by atoms with E-state index in [9.17, 15) is 14.7 Å². The monoisotopic (exact) mass is 257 g/mol. The Morgan fingerprint density at radius 1 is 1.33 bits per heavy atom. The average molecular weight is 257 g/mol. The number of hydrogen-bond acceptors (Lipinski definition) is 4. The standard InChI is InChI=1S/C12H23N3O3/c1-14-12(5-3-2-4-6-12)7-10(17)15-8-9(16)11(13)18/h9,14,16H,2-8H2,1H3,(H2,13,18)(H,15,17). The van der Waals surface area contributed by atoms with E-state index in [4.69, 9.17) is 5.73 Å². The summed E-state index contributed by atoms with van der Waals surface area (Å²) in [6.07, 6.45) is 4.48. The number of amides is 2. The summed E-state index contributed by atoms with van der Waals surface area (Å²) in [4.78, 5) is 22.4. The SMILES string of the molecule is CNC1(CC(=O)NCC(O)C(N)=O)CCCCC1. The van der Waals surface area contributed by atoms with Gasteiger partial charge in [-0.2, -0.15) is 0 Å². The Bertz CT molecular complexity index is 301. The van der Waals surface area contributed by atoms with Crippen molar-refractivity contribution < 1.29 is 14.7 Å².